The number of benzene rings is 1. The average Bonchev–Trinajstić information content (AvgIpc) is 2.38. The predicted molar refractivity (Wildman–Crippen MR) is 70.2 cm³/mol. The van der Waals surface area contributed by atoms with Crippen LogP contribution >= 0.6 is 0 Å². The van der Waals surface area contributed by atoms with Crippen molar-refractivity contribution in [2.75, 3.05) is 6.54 Å². The number of aliphatic carboxylic acids is 1. The molecule has 0 spiro atoms. The second-order valence-corrected chi connectivity index (χ2v) is 4.96. The van der Waals surface area contributed by atoms with Gasteiger partial charge in [0, 0.05) is 13.0 Å². The van der Waals surface area contributed by atoms with E-state index in [1.807, 2.05) is 0 Å². The van der Waals surface area contributed by atoms with Crippen molar-refractivity contribution in [3.8, 4) is 5.75 Å². The Morgan fingerprint density at radius 1 is 1.36 bits per heavy atom. The van der Waals surface area contributed by atoms with Gasteiger partial charge in [0.25, 0.3) is 0 Å². The molecule has 0 aromatic heterocycles. The van der Waals surface area contributed by atoms with Crippen LogP contribution in [0.2, 0.25) is 0 Å². The molecule has 0 saturated heterocycles. The summed E-state index contributed by atoms with van der Waals surface area (Å²) in [5.74, 6) is -2.15. The van der Waals surface area contributed by atoms with E-state index in [2.05, 4.69) is 9.18 Å². The molecule has 11 heteroatoms. The van der Waals surface area contributed by atoms with Gasteiger partial charge in [-0.05, 0) is 23.6 Å². The number of aliphatic imine (C=N–C) groups is 1. The second-order valence-electron chi connectivity index (χ2n) is 3.94. The Balaban J connectivity index is 0.00000441. The molecule has 1 aromatic rings. The summed E-state index contributed by atoms with van der Waals surface area (Å²) in [4.78, 5) is 14.4. The third-order valence-corrected chi connectivity index (χ3v) is 2.72. The third-order valence-electron chi connectivity index (χ3n) is 2.31. The molecule has 0 amide bonds. The Hall–Kier alpha value is -1.17. The minimum atomic E-state index is -4.62. The smallest absolute Gasteiger partial charge is 0.861 e. The molecule has 22 heavy (non-hydrogen) atoms. The maximum atomic E-state index is 11.1. The summed E-state index contributed by atoms with van der Waals surface area (Å²) in [6.07, 6.45) is -0.0762. The fraction of sp³-hybridized carbons (Fsp3) is 0.273. The van der Waals surface area contributed by atoms with Crippen molar-refractivity contribution >= 4 is 22.3 Å². The fourth-order valence-corrected chi connectivity index (χ4v) is 1.79. The summed E-state index contributed by atoms with van der Waals surface area (Å²) in [6.45, 7) is -0.384. The molecule has 1 atom stereocenters. The fourth-order valence-electron chi connectivity index (χ4n) is 1.44. The number of hydrogen-bond donors (Lipinski definition) is 3. The van der Waals surface area contributed by atoms with Crippen LogP contribution < -0.4 is 44.6 Å². The van der Waals surface area contributed by atoms with Gasteiger partial charge in [0.15, 0.2) is 0 Å². The van der Waals surface area contributed by atoms with Crippen LogP contribution in [0.5, 0.6) is 5.75 Å². The molecule has 9 nitrogen and oxygen atoms in total. The minimum Gasteiger partial charge on any atom is -0.861 e. The van der Waals surface area contributed by atoms with Crippen molar-refractivity contribution in [1.82, 2.24) is 0 Å². The van der Waals surface area contributed by atoms with Crippen LogP contribution in [0.3, 0.4) is 0 Å². The van der Waals surface area contributed by atoms with Crippen LogP contribution in [0.25, 0.3) is 0 Å². The van der Waals surface area contributed by atoms with Crippen LogP contribution in [0, 0.1) is 0 Å². The Morgan fingerprint density at radius 2 is 1.91 bits per heavy atom. The third kappa shape index (κ3) is 7.73. The molecule has 1 rings (SSSR count). The Bertz CT molecular complexity index is 630. The summed E-state index contributed by atoms with van der Waals surface area (Å²) in [5.41, 5.74) is 5.54. The van der Waals surface area contributed by atoms with Crippen molar-refractivity contribution in [2.45, 2.75) is 12.5 Å². The van der Waals surface area contributed by atoms with E-state index in [4.69, 9.17) is 15.4 Å². The van der Waals surface area contributed by atoms with Crippen molar-refractivity contribution in [2.24, 2.45) is 10.7 Å². The van der Waals surface area contributed by atoms with Crippen LogP contribution in [-0.2, 0) is 21.6 Å². The molecule has 0 unspecified atom stereocenters. The second kappa shape index (κ2) is 9.08. The first-order chi connectivity index (χ1) is 9.71. The normalized spacial score (nSPS) is 13.1. The summed E-state index contributed by atoms with van der Waals surface area (Å²) in [7, 11) is -4.62. The average molecular weight is 340 g/mol. The number of carboxylic acid groups (broad SMARTS) is 1. The zero-order valence-electron chi connectivity index (χ0n) is 11.7. The van der Waals surface area contributed by atoms with E-state index in [9.17, 15) is 18.3 Å². The van der Waals surface area contributed by atoms with E-state index in [0.29, 0.717) is 5.56 Å². The zero-order chi connectivity index (χ0) is 16.0. The maximum absolute atomic E-state index is 11.1. The van der Waals surface area contributed by atoms with Crippen molar-refractivity contribution < 1.29 is 61.7 Å². The molecule has 0 heterocycles. The van der Waals surface area contributed by atoms with Crippen molar-refractivity contribution in [1.29, 1.82) is 0 Å². The first kappa shape index (κ1) is 20.8. The number of nitrogens with two attached hydrogens (primary N) is 1. The van der Waals surface area contributed by atoms with Crippen LogP contribution in [0.1, 0.15) is 5.56 Å². The van der Waals surface area contributed by atoms with Gasteiger partial charge < -0.3 is 20.1 Å². The molecule has 0 aliphatic carbocycles. The van der Waals surface area contributed by atoms with Crippen molar-refractivity contribution in [3.63, 3.8) is 0 Å². The van der Waals surface area contributed by atoms with Gasteiger partial charge in [-0.3, -0.25) is 9.55 Å². The Morgan fingerprint density at radius 3 is 2.32 bits per heavy atom. The SMILES string of the molecule is NCC([O-])=N[C@@H](Cc1ccc(OS(=O)(=O)O)cc1)C(=O)O.[Na+]. The number of nitrogens with zero attached hydrogens (tertiary/aromatic N) is 1. The number of carbonyl (C=O) groups is 1. The largest absolute Gasteiger partial charge is 1.00 e. The topological polar surface area (TPSA) is 162 Å². The summed E-state index contributed by atoms with van der Waals surface area (Å²) >= 11 is 0. The number of hydrogen-bond acceptors (Lipinski definition) is 7. The number of rotatable bonds is 7. The molecule has 116 valence electrons. The first-order valence-electron chi connectivity index (χ1n) is 5.63. The summed E-state index contributed by atoms with van der Waals surface area (Å²) in [6, 6.07) is 3.95. The first-order valence-corrected chi connectivity index (χ1v) is 7.00. The zero-order valence-corrected chi connectivity index (χ0v) is 14.5. The van der Waals surface area contributed by atoms with E-state index in [-0.39, 0.29) is 48.3 Å². The molecular weight excluding hydrogens is 327 g/mol. The number of carboxylic acids is 1. The van der Waals surface area contributed by atoms with E-state index in [0.717, 1.165) is 0 Å². The van der Waals surface area contributed by atoms with Gasteiger partial charge in [0.05, 0.1) is 0 Å². The van der Waals surface area contributed by atoms with Crippen LogP contribution in [-0.4, -0.2) is 42.5 Å². The van der Waals surface area contributed by atoms with Gasteiger partial charge in [0.2, 0.25) is 0 Å². The van der Waals surface area contributed by atoms with Gasteiger partial charge in [-0.15, -0.1) is 0 Å². The summed E-state index contributed by atoms with van der Waals surface area (Å²) in [5, 5.41) is 20.0. The Kier molecular flexibility index (Phi) is 8.60. The standard InChI is InChI=1S/C11H14N2O7S.Na/c12-6-10(14)13-9(11(15)16)5-7-1-3-8(4-2-7)20-21(17,18)19;/h1-4,9H,5-6,12H2,(H,13,14)(H,15,16)(H,17,18,19);/q;+1/p-1/t9-;/m0./s1. The van der Waals surface area contributed by atoms with E-state index >= 15 is 0 Å². The van der Waals surface area contributed by atoms with Crippen LogP contribution in [0.15, 0.2) is 29.3 Å². The molecule has 0 saturated carbocycles. The molecule has 0 aliphatic rings. The molecule has 1 aromatic carbocycles. The van der Waals surface area contributed by atoms with Gasteiger partial charge in [-0.1, -0.05) is 12.1 Å². The molecular formula is C11H13N2NaO7S. The van der Waals surface area contributed by atoms with Crippen molar-refractivity contribution in [3.05, 3.63) is 29.8 Å². The molecule has 0 bridgehead atoms. The van der Waals surface area contributed by atoms with E-state index in [1.165, 1.54) is 24.3 Å². The summed E-state index contributed by atoms with van der Waals surface area (Å²) < 4.78 is 33.7. The van der Waals surface area contributed by atoms with E-state index < -0.39 is 28.3 Å². The van der Waals surface area contributed by atoms with Gasteiger partial charge in [0.1, 0.15) is 11.8 Å². The van der Waals surface area contributed by atoms with E-state index in [1.54, 1.807) is 0 Å². The monoisotopic (exact) mass is 340 g/mol. The van der Waals surface area contributed by atoms with Gasteiger partial charge >= 0.3 is 45.9 Å². The van der Waals surface area contributed by atoms with Gasteiger partial charge in [-0.25, -0.2) is 4.79 Å². The van der Waals surface area contributed by atoms with Gasteiger partial charge in [-0.2, -0.15) is 8.42 Å². The predicted octanol–water partition coefficient (Wildman–Crippen LogP) is -4.41. The quantitative estimate of drug-likeness (QED) is 0.194. The molecule has 0 radical (unpaired) electrons. The molecule has 4 N–H and O–H groups in total. The molecule has 0 fully saturated rings. The Labute approximate surface area is 149 Å². The molecule has 0 aliphatic heterocycles. The maximum Gasteiger partial charge on any atom is 1.00 e. The minimum absolute atomic E-state index is 0. The van der Waals surface area contributed by atoms with Crippen LogP contribution in [0.4, 0.5) is 0 Å².